The molecule has 4 aromatic rings. The van der Waals surface area contributed by atoms with Crippen LogP contribution in [-0.4, -0.2) is 0 Å². The van der Waals surface area contributed by atoms with Crippen molar-refractivity contribution in [2.45, 2.75) is 27.7 Å². The standard InChI is InChI=1S/C28H28N2/c1-19-7-5-9-23(15-19)29-25-11-13-27(21(3)17-25)28-14-12-26(18-22(28)4)30-24-10-6-8-20(2)16-24/h5-18,29-30H,1-4H3. The predicted octanol–water partition coefficient (Wildman–Crippen LogP) is 8.07. The van der Waals surface area contributed by atoms with Gasteiger partial charge in [0, 0.05) is 22.7 Å². The van der Waals surface area contributed by atoms with Crippen molar-refractivity contribution in [2.24, 2.45) is 0 Å². The molecule has 0 saturated heterocycles. The molecule has 4 aromatic carbocycles. The maximum absolute atomic E-state index is 3.51. The molecule has 2 N–H and O–H groups in total. The van der Waals surface area contributed by atoms with Crippen molar-refractivity contribution in [3.05, 3.63) is 107 Å². The van der Waals surface area contributed by atoms with E-state index >= 15 is 0 Å². The molecule has 0 unspecified atom stereocenters. The Balaban J connectivity index is 1.56. The summed E-state index contributed by atoms with van der Waals surface area (Å²) in [6.07, 6.45) is 0. The molecule has 0 amide bonds. The number of hydrogen-bond donors (Lipinski definition) is 2. The first-order valence-corrected chi connectivity index (χ1v) is 10.4. The minimum absolute atomic E-state index is 1.11. The van der Waals surface area contributed by atoms with Gasteiger partial charge in [0.25, 0.3) is 0 Å². The lowest BCUT2D eigenvalue weighted by atomic mass is 9.95. The van der Waals surface area contributed by atoms with Gasteiger partial charge in [-0.1, -0.05) is 36.4 Å². The van der Waals surface area contributed by atoms with Crippen molar-refractivity contribution < 1.29 is 0 Å². The summed E-state index contributed by atoms with van der Waals surface area (Å²) in [5.74, 6) is 0. The summed E-state index contributed by atoms with van der Waals surface area (Å²) in [4.78, 5) is 0. The number of aryl methyl sites for hydroxylation is 4. The first-order chi connectivity index (χ1) is 14.5. The van der Waals surface area contributed by atoms with E-state index in [0.29, 0.717) is 0 Å². The number of rotatable bonds is 5. The van der Waals surface area contributed by atoms with E-state index in [4.69, 9.17) is 0 Å². The van der Waals surface area contributed by atoms with Crippen molar-refractivity contribution in [1.82, 2.24) is 0 Å². The highest BCUT2D eigenvalue weighted by Gasteiger charge is 2.08. The van der Waals surface area contributed by atoms with Crippen LogP contribution in [0, 0.1) is 27.7 Å². The summed E-state index contributed by atoms with van der Waals surface area (Å²) in [7, 11) is 0. The molecule has 0 aliphatic carbocycles. The molecule has 0 bridgehead atoms. The molecule has 0 saturated carbocycles. The summed E-state index contributed by atoms with van der Waals surface area (Å²) in [6, 6.07) is 30.1. The third-order valence-corrected chi connectivity index (χ3v) is 5.36. The molecule has 0 spiro atoms. The second-order valence-electron chi connectivity index (χ2n) is 8.05. The first-order valence-electron chi connectivity index (χ1n) is 10.4. The Labute approximate surface area is 179 Å². The van der Waals surface area contributed by atoms with E-state index in [1.807, 2.05) is 0 Å². The Morgan fingerprint density at radius 2 is 0.833 bits per heavy atom. The minimum Gasteiger partial charge on any atom is -0.356 e. The highest BCUT2D eigenvalue weighted by Crippen LogP contribution is 2.32. The van der Waals surface area contributed by atoms with Crippen LogP contribution >= 0.6 is 0 Å². The van der Waals surface area contributed by atoms with Gasteiger partial charge in [-0.2, -0.15) is 0 Å². The Bertz CT molecular complexity index is 1100. The van der Waals surface area contributed by atoms with Gasteiger partial charge in [-0.25, -0.2) is 0 Å². The third-order valence-electron chi connectivity index (χ3n) is 5.36. The van der Waals surface area contributed by atoms with Crippen molar-refractivity contribution >= 4 is 22.7 Å². The summed E-state index contributed by atoms with van der Waals surface area (Å²) >= 11 is 0. The van der Waals surface area contributed by atoms with E-state index in [0.717, 1.165) is 22.7 Å². The largest absolute Gasteiger partial charge is 0.356 e. The SMILES string of the molecule is Cc1cccc(Nc2ccc(-c3ccc(Nc4cccc(C)c4)cc3C)c(C)c2)c1. The molecular formula is C28H28N2. The van der Waals surface area contributed by atoms with Crippen LogP contribution in [0.15, 0.2) is 84.9 Å². The van der Waals surface area contributed by atoms with Crippen LogP contribution in [0.4, 0.5) is 22.7 Å². The lowest BCUT2D eigenvalue weighted by Crippen LogP contribution is -1.95. The summed E-state index contributed by atoms with van der Waals surface area (Å²) in [6.45, 7) is 8.57. The highest BCUT2D eigenvalue weighted by molar-refractivity contribution is 5.76. The fraction of sp³-hybridized carbons (Fsp3) is 0.143. The molecule has 0 radical (unpaired) electrons. The average molecular weight is 393 g/mol. The smallest absolute Gasteiger partial charge is 0.0387 e. The molecule has 0 fully saturated rings. The maximum Gasteiger partial charge on any atom is 0.0387 e. The van der Waals surface area contributed by atoms with Crippen LogP contribution in [0.1, 0.15) is 22.3 Å². The monoisotopic (exact) mass is 392 g/mol. The predicted molar refractivity (Wildman–Crippen MR) is 130 cm³/mol. The van der Waals surface area contributed by atoms with E-state index in [9.17, 15) is 0 Å². The van der Waals surface area contributed by atoms with Gasteiger partial charge in [0.2, 0.25) is 0 Å². The number of hydrogen-bond acceptors (Lipinski definition) is 2. The third kappa shape index (κ3) is 4.55. The normalized spacial score (nSPS) is 10.7. The van der Waals surface area contributed by atoms with Crippen LogP contribution < -0.4 is 10.6 Å². The fourth-order valence-electron chi connectivity index (χ4n) is 3.87. The summed E-state index contributed by atoms with van der Waals surface area (Å²) < 4.78 is 0. The number of anilines is 4. The lowest BCUT2D eigenvalue weighted by molar-refractivity contribution is 1.39. The molecule has 150 valence electrons. The second-order valence-corrected chi connectivity index (χ2v) is 8.05. The van der Waals surface area contributed by atoms with Gasteiger partial charge in [0.1, 0.15) is 0 Å². The van der Waals surface area contributed by atoms with Crippen LogP contribution in [0.25, 0.3) is 11.1 Å². The van der Waals surface area contributed by atoms with Gasteiger partial charge in [-0.05, 0) is 110 Å². The van der Waals surface area contributed by atoms with E-state index in [1.165, 1.54) is 33.4 Å². The van der Waals surface area contributed by atoms with E-state index in [1.54, 1.807) is 0 Å². The van der Waals surface area contributed by atoms with Crippen molar-refractivity contribution in [3.8, 4) is 11.1 Å². The minimum atomic E-state index is 1.11. The van der Waals surface area contributed by atoms with Crippen LogP contribution in [-0.2, 0) is 0 Å². The second kappa shape index (κ2) is 8.46. The molecule has 2 nitrogen and oxygen atoms in total. The van der Waals surface area contributed by atoms with Crippen molar-refractivity contribution in [2.75, 3.05) is 10.6 Å². The molecule has 2 heteroatoms. The van der Waals surface area contributed by atoms with Crippen LogP contribution in [0.2, 0.25) is 0 Å². The molecule has 4 rings (SSSR count). The first kappa shape index (κ1) is 19.8. The van der Waals surface area contributed by atoms with Gasteiger partial charge in [-0.3, -0.25) is 0 Å². The van der Waals surface area contributed by atoms with Gasteiger partial charge >= 0.3 is 0 Å². The maximum atomic E-state index is 3.51. The molecule has 0 aliphatic rings. The zero-order valence-corrected chi connectivity index (χ0v) is 18.1. The van der Waals surface area contributed by atoms with Gasteiger partial charge in [-0.15, -0.1) is 0 Å². The lowest BCUT2D eigenvalue weighted by Gasteiger charge is -2.15. The van der Waals surface area contributed by atoms with Crippen LogP contribution in [0.3, 0.4) is 0 Å². The molecule has 0 aromatic heterocycles. The van der Waals surface area contributed by atoms with Crippen LogP contribution in [0.5, 0.6) is 0 Å². The Kier molecular flexibility index (Phi) is 5.58. The summed E-state index contributed by atoms with van der Waals surface area (Å²) in [5.41, 5.74) is 12.0. The van der Waals surface area contributed by atoms with E-state index in [-0.39, 0.29) is 0 Å². The van der Waals surface area contributed by atoms with Gasteiger partial charge < -0.3 is 10.6 Å². The Morgan fingerprint density at radius 1 is 0.433 bits per heavy atom. The van der Waals surface area contributed by atoms with Gasteiger partial charge in [0.05, 0.1) is 0 Å². The highest BCUT2D eigenvalue weighted by atomic mass is 14.9. The molecule has 0 atom stereocenters. The Hall–Kier alpha value is -3.52. The quantitative estimate of drug-likeness (QED) is 0.359. The van der Waals surface area contributed by atoms with E-state index in [2.05, 4.69) is 123 Å². The fourth-order valence-corrected chi connectivity index (χ4v) is 3.87. The topological polar surface area (TPSA) is 24.1 Å². The molecule has 30 heavy (non-hydrogen) atoms. The Morgan fingerprint density at radius 3 is 1.20 bits per heavy atom. The van der Waals surface area contributed by atoms with Crippen molar-refractivity contribution in [1.29, 1.82) is 0 Å². The van der Waals surface area contributed by atoms with Crippen molar-refractivity contribution in [3.63, 3.8) is 0 Å². The zero-order chi connectivity index (χ0) is 21.1. The summed E-state index contributed by atoms with van der Waals surface area (Å²) in [5, 5.41) is 7.02. The van der Waals surface area contributed by atoms with E-state index < -0.39 is 0 Å². The zero-order valence-electron chi connectivity index (χ0n) is 18.1. The average Bonchev–Trinajstić information content (AvgIpc) is 2.69. The van der Waals surface area contributed by atoms with Gasteiger partial charge in [0.15, 0.2) is 0 Å². The molecule has 0 heterocycles. The number of benzene rings is 4. The molecular weight excluding hydrogens is 364 g/mol. The molecule has 0 aliphatic heterocycles. The number of nitrogens with one attached hydrogen (secondary N) is 2.